The molecule has 0 aliphatic heterocycles. The molecule has 0 bridgehead atoms. The van der Waals surface area contributed by atoms with E-state index in [1.165, 1.54) is 20.2 Å². The van der Waals surface area contributed by atoms with Crippen LogP contribution in [0.4, 0.5) is 11.4 Å². The van der Waals surface area contributed by atoms with E-state index >= 15 is 0 Å². The average molecular weight is 324 g/mol. The van der Waals surface area contributed by atoms with Gasteiger partial charge in [0.2, 0.25) is 0 Å². The molecule has 0 fully saturated rings. The van der Waals surface area contributed by atoms with E-state index in [-0.39, 0.29) is 0 Å². The smallest absolute Gasteiger partial charge is 0.0590 e. The molecule has 0 spiro atoms. The van der Waals surface area contributed by atoms with Crippen molar-refractivity contribution >= 4 is 54.5 Å². The number of fused-ring (bicyclic) bond motifs is 3. The molecule has 0 atom stereocenters. The molecule has 1 aromatic heterocycles. The van der Waals surface area contributed by atoms with Crippen LogP contribution in [-0.2, 0) is 0 Å². The van der Waals surface area contributed by atoms with Gasteiger partial charge in [-0.1, -0.05) is 41.9 Å². The van der Waals surface area contributed by atoms with Gasteiger partial charge in [0.1, 0.15) is 0 Å². The Labute approximate surface area is 138 Å². The molecule has 0 saturated heterocycles. The number of aryl methyl sites for hydroxylation is 1. The van der Waals surface area contributed by atoms with Crippen molar-refractivity contribution in [3.05, 3.63) is 71.2 Å². The Morgan fingerprint density at radius 2 is 1.73 bits per heavy atom. The van der Waals surface area contributed by atoms with Crippen LogP contribution in [0.15, 0.2) is 60.7 Å². The lowest BCUT2D eigenvalue weighted by molar-refractivity contribution is 1.45. The molecule has 0 aliphatic rings. The van der Waals surface area contributed by atoms with Gasteiger partial charge < -0.3 is 5.32 Å². The largest absolute Gasteiger partial charge is 0.354 e. The van der Waals surface area contributed by atoms with Crippen LogP contribution in [0.5, 0.6) is 0 Å². The third-order valence-corrected chi connectivity index (χ3v) is 5.49. The summed E-state index contributed by atoms with van der Waals surface area (Å²) in [7, 11) is 0. The van der Waals surface area contributed by atoms with Crippen molar-refractivity contribution in [2.75, 3.05) is 5.32 Å². The molecule has 1 heterocycles. The number of rotatable bonds is 2. The van der Waals surface area contributed by atoms with E-state index in [2.05, 4.69) is 53.8 Å². The maximum Gasteiger partial charge on any atom is 0.0590 e. The minimum Gasteiger partial charge on any atom is -0.354 e. The molecule has 0 aliphatic carbocycles. The van der Waals surface area contributed by atoms with Gasteiger partial charge in [-0.15, -0.1) is 11.3 Å². The van der Waals surface area contributed by atoms with Crippen LogP contribution in [0.25, 0.3) is 20.2 Å². The predicted molar refractivity (Wildman–Crippen MR) is 98.8 cm³/mol. The summed E-state index contributed by atoms with van der Waals surface area (Å²) >= 11 is 7.93. The Kier molecular flexibility index (Phi) is 3.29. The number of hydrogen-bond acceptors (Lipinski definition) is 2. The van der Waals surface area contributed by atoms with Gasteiger partial charge in [-0.05, 0) is 42.8 Å². The van der Waals surface area contributed by atoms with Gasteiger partial charge in [-0.2, -0.15) is 0 Å². The lowest BCUT2D eigenvalue weighted by Crippen LogP contribution is -1.91. The predicted octanol–water partition coefficient (Wildman–Crippen LogP) is 6.76. The molecule has 0 amide bonds. The van der Waals surface area contributed by atoms with Crippen LogP contribution in [0.2, 0.25) is 5.02 Å². The summed E-state index contributed by atoms with van der Waals surface area (Å²) < 4.78 is 2.61. The van der Waals surface area contributed by atoms with Crippen LogP contribution >= 0.6 is 22.9 Å². The zero-order chi connectivity index (χ0) is 15.1. The molecule has 4 aromatic rings. The van der Waals surface area contributed by atoms with Crippen molar-refractivity contribution in [3.63, 3.8) is 0 Å². The van der Waals surface area contributed by atoms with E-state index in [1.54, 1.807) is 0 Å². The molecule has 1 N–H and O–H groups in total. The molecule has 1 nitrogen and oxygen atoms in total. The average Bonchev–Trinajstić information content (AvgIpc) is 2.91. The minimum absolute atomic E-state index is 0.797. The first-order chi connectivity index (χ1) is 10.7. The summed E-state index contributed by atoms with van der Waals surface area (Å²) in [6, 6.07) is 21.0. The number of halogens is 1. The van der Waals surface area contributed by atoms with E-state index in [0.29, 0.717) is 0 Å². The highest BCUT2D eigenvalue weighted by Crippen LogP contribution is 2.39. The number of anilines is 2. The number of nitrogens with one attached hydrogen (secondary N) is 1. The second kappa shape index (κ2) is 5.31. The number of hydrogen-bond donors (Lipinski definition) is 1. The van der Waals surface area contributed by atoms with E-state index < -0.39 is 0 Å². The van der Waals surface area contributed by atoms with Crippen molar-refractivity contribution in [1.82, 2.24) is 0 Å². The van der Waals surface area contributed by atoms with Gasteiger partial charge in [-0.3, -0.25) is 0 Å². The molecule has 108 valence electrons. The summed E-state index contributed by atoms with van der Waals surface area (Å²) in [5.41, 5.74) is 3.28. The lowest BCUT2D eigenvalue weighted by Gasteiger charge is -2.09. The first kappa shape index (κ1) is 13.6. The van der Waals surface area contributed by atoms with Crippen molar-refractivity contribution in [2.24, 2.45) is 0 Å². The molecule has 3 aromatic carbocycles. The first-order valence-electron chi connectivity index (χ1n) is 7.16. The van der Waals surface area contributed by atoms with Gasteiger partial charge in [-0.25, -0.2) is 0 Å². The molecule has 0 saturated carbocycles. The van der Waals surface area contributed by atoms with E-state index in [9.17, 15) is 0 Å². The Bertz CT molecular complexity index is 987. The molecule has 3 heteroatoms. The van der Waals surface area contributed by atoms with E-state index in [1.807, 2.05) is 30.4 Å². The Balaban J connectivity index is 1.86. The van der Waals surface area contributed by atoms with Gasteiger partial charge >= 0.3 is 0 Å². The van der Waals surface area contributed by atoms with Crippen LogP contribution in [0.1, 0.15) is 5.56 Å². The third-order valence-electron chi connectivity index (χ3n) is 3.84. The topological polar surface area (TPSA) is 12.0 Å². The monoisotopic (exact) mass is 323 g/mol. The summed E-state index contributed by atoms with van der Waals surface area (Å²) in [4.78, 5) is 0. The quantitative estimate of drug-likeness (QED) is 0.429. The van der Waals surface area contributed by atoms with Gasteiger partial charge in [0, 0.05) is 26.2 Å². The van der Waals surface area contributed by atoms with Crippen molar-refractivity contribution in [1.29, 1.82) is 0 Å². The summed E-state index contributed by atoms with van der Waals surface area (Å²) in [5, 5.41) is 6.94. The van der Waals surface area contributed by atoms with Crippen molar-refractivity contribution in [2.45, 2.75) is 6.92 Å². The molecule has 0 unspecified atom stereocenters. The van der Waals surface area contributed by atoms with Crippen LogP contribution in [0.3, 0.4) is 0 Å². The summed E-state index contributed by atoms with van der Waals surface area (Å²) in [6.45, 7) is 2.02. The van der Waals surface area contributed by atoms with E-state index in [0.717, 1.165) is 22.0 Å². The Morgan fingerprint density at radius 3 is 2.59 bits per heavy atom. The van der Waals surface area contributed by atoms with E-state index in [4.69, 9.17) is 11.6 Å². The van der Waals surface area contributed by atoms with Crippen LogP contribution in [0, 0.1) is 6.92 Å². The molecule has 4 rings (SSSR count). The summed E-state index contributed by atoms with van der Waals surface area (Å²) in [5.74, 6) is 0. The van der Waals surface area contributed by atoms with Crippen LogP contribution < -0.4 is 5.32 Å². The fourth-order valence-corrected chi connectivity index (χ4v) is 4.01. The summed E-state index contributed by atoms with van der Waals surface area (Å²) in [6.07, 6.45) is 0. The normalized spacial score (nSPS) is 11.2. The fourth-order valence-electron chi connectivity index (χ4n) is 2.72. The highest BCUT2D eigenvalue weighted by atomic mass is 35.5. The van der Waals surface area contributed by atoms with Crippen molar-refractivity contribution < 1.29 is 0 Å². The first-order valence-corrected chi connectivity index (χ1v) is 8.35. The standard InChI is InChI=1S/C19H14ClNS/c1-12-11-13(9-10-16(12)20)21-17-7-4-6-15-14-5-2-3-8-18(14)22-19(15)17/h2-11,21H,1H3. The van der Waals surface area contributed by atoms with Crippen molar-refractivity contribution in [3.8, 4) is 0 Å². The lowest BCUT2D eigenvalue weighted by atomic mass is 10.1. The molecular formula is C19H14ClNS. The molecule has 22 heavy (non-hydrogen) atoms. The Hall–Kier alpha value is -2.03. The SMILES string of the molecule is Cc1cc(Nc2cccc3c2sc2ccccc23)ccc1Cl. The maximum absolute atomic E-state index is 6.11. The third kappa shape index (κ3) is 2.25. The number of thiophene rings is 1. The zero-order valence-corrected chi connectivity index (χ0v) is 13.6. The Morgan fingerprint density at radius 1 is 0.909 bits per heavy atom. The van der Waals surface area contributed by atoms with Gasteiger partial charge in [0.05, 0.1) is 10.4 Å². The van der Waals surface area contributed by atoms with Gasteiger partial charge in [0.15, 0.2) is 0 Å². The van der Waals surface area contributed by atoms with Crippen LogP contribution in [-0.4, -0.2) is 0 Å². The minimum atomic E-state index is 0.797. The number of benzene rings is 3. The highest BCUT2D eigenvalue weighted by Gasteiger charge is 2.08. The molecular weight excluding hydrogens is 310 g/mol. The molecule has 0 radical (unpaired) electrons. The maximum atomic E-state index is 6.11. The highest BCUT2D eigenvalue weighted by molar-refractivity contribution is 7.26. The zero-order valence-electron chi connectivity index (χ0n) is 12.1. The fraction of sp³-hybridized carbons (Fsp3) is 0.0526. The second-order valence-corrected chi connectivity index (χ2v) is 6.83. The van der Waals surface area contributed by atoms with Gasteiger partial charge in [0.25, 0.3) is 0 Å². The second-order valence-electron chi connectivity index (χ2n) is 5.37.